The molecule has 8 aliphatic rings. The second-order valence-corrected chi connectivity index (χ2v) is 19.7. The maximum Gasteiger partial charge on any atom is 0.0352 e. The summed E-state index contributed by atoms with van der Waals surface area (Å²) in [6.07, 6.45) is 17.5. The van der Waals surface area contributed by atoms with E-state index in [0.29, 0.717) is 16.7 Å². The van der Waals surface area contributed by atoms with E-state index in [4.69, 9.17) is 0 Å². The highest BCUT2D eigenvalue weighted by Crippen LogP contribution is 2.62. The first-order chi connectivity index (χ1) is 24.8. The van der Waals surface area contributed by atoms with Gasteiger partial charge < -0.3 is 0 Å². The molecular weight excluding hydrogens is 613 g/mol. The van der Waals surface area contributed by atoms with Crippen LogP contribution in [0.5, 0.6) is 0 Å². The van der Waals surface area contributed by atoms with Crippen molar-refractivity contribution in [1.82, 2.24) is 0 Å². The molecule has 1 unspecified atom stereocenters. The third-order valence-corrected chi connectivity index (χ3v) is 15.9. The average Bonchev–Trinajstić information content (AvgIpc) is 3.10. The zero-order valence-electron chi connectivity index (χ0n) is 31.3. The van der Waals surface area contributed by atoms with Gasteiger partial charge in [0.05, 0.1) is 0 Å². The van der Waals surface area contributed by atoms with Crippen LogP contribution in [0.2, 0.25) is 0 Å². The summed E-state index contributed by atoms with van der Waals surface area (Å²) in [6.45, 7) is 6.91. The van der Waals surface area contributed by atoms with Crippen LogP contribution < -0.4 is 0 Å². The fourth-order valence-corrected chi connectivity index (χ4v) is 14.5. The monoisotopic (exact) mass is 668 g/mol. The van der Waals surface area contributed by atoms with Crippen molar-refractivity contribution in [3.05, 3.63) is 130 Å². The average molecular weight is 669 g/mol. The SMILES string of the molecule is Cc1cccc(C(c2ccc(C(C)C)cc2)c2c3ccc(C45CC6CC(CC(C6)C4)C5)cc3cc3ccc(C45CC6CC(CC(C6)C4)C5)cc23)c1. The Bertz CT molecular complexity index is 2090. The normalized spacial score (nSPS) is 33.9. The number of hydrogen-bond acceptors (Lipinski definition) is 0. The van der Waals surface area contributed by atoms with Crippen LogP contribution in [-0.4, -0.2) is 0 Å². The van der Waals surface area contributed by atoms with E-state index in [1.165, 1.54) is 126 Å². The molecule has 0 aliphatic heterocycles. The highest BCUT2D eigenvalue weighted by atomic mass is 14.6. The van der Waals surface area contributed by atoms with E-state index in [1.807, 2.05) is 0 Å². The first-order valence-corrected chi connectivity index (χ1v) is 21.0. The van der Waals surface area contributed by atoms with Crippen molar-refractivity contribution in [1.29, 1.82) is 0 Å². The standard InChI is InChI=1S/C51H56/c1-31(2)39-7-9-40(10-8-39)48(42-6-4-5-32(3)15-42)49-46-14-13-44(50-25-33-16-34(26-50)18-35(17-33)27-50)23-43(46)22-41-11-12-45(24-47(41)49)51-28-36-19-37(29-51)21-38(20-36)30-51/h4-15,22-24,31,33-38,48H,16-21,25-30H2,1-3H3. The van der Waals surface area contributed by atoms with Crippen LogP contribution in [0, 0.1) is 42.4 Å². The summed E-state index contributed by atoms with van der Waals surface area (Å²) in [7, 11) is 0. The van der Waals surface area contributed by atoms with Crippen LogP contribution in [-0.2, 0) is 10.8 Å². The number of rotatable bonds is 6. The van der Waals surface area contributed by atoms with Crippen molar-refractivity contribution in [2.45, 2.75) is 120 Å². The van der Waals surface area contributed by atoms with Crippen molar-refractivity contribution in [3.8, 4) is 0 Å². The largest absolute Gasteiger partial charge is 0.0617 e. The summed E-state index contributed by atoms with van der Waals surface area (Å²) in [5.74, 6) is 6.43. The van der Waals surface area contributed by atoms with Crippen LogP contribution in [0.15, 0.2) is 91.0 Å². The molecule has 51 heavy (non-hydrogen) atoms. The van der Waals surface area contributed by atoms with Crippen molar-refractivity contribution < 1.29 is 0 Å². The molecular formula is C51H56. The molecule has 8 fully saturated rings. The van der Waals surface area contributed by atoms with Gasteiger partial charge in [-0.3, -0.25) is 0 Å². The highest BCUT2D eigenvalue weighted by molar-refractivity contribution is 6.04. The lowest BCUT2D eigenvalue weighted by Crippen LogP contribution is -2.48. The Labute approximate surface area is 306 Å². The van der Waals surface area contributed by atoms with Gasteiger partial charge in [0.25, 0.3) is 0 Å². The third kappa shape index (κ3) is 4.97. The van der Waals surface area contributed by atoms with Gasteiger partial charge in [0.15, 0.2) is 0 Å². The molecule has 0 aromatic heterocycles. The Hall–Kier alpha value is -3.38. The summed E-state index contributed by atoms with van der Waals surface area (Å²) in [5, 5.41) is 5.87. The second-order valence-electron chi connectivity index (χ2n) is 19.7. The van der Waals surface area contributed by atoms with Gasteiger partial charge in [0.2, 0.25) is 0 Å². The van der Waals surface area contributed by atoms with Crippen LogP contribution >= 0.6 is 0 Å². The quantitative estimate of drug-likeness (QED) is 0.125. The van der Waals surface area contributed by atoms with Gasteiger partial charge in [-0.05, 0) is 197 Å². The fraction of sp³-hybridized carbons (Fsp3) is 0.490. The first kappa shape index (κ1) is 31.2. The first-order valence-electron chi connectivity index (χ1n) is 21.0. The molecule has 8 aliphatic carbocycles. The molecule has 0 saturated heterocycles. The predicted molar refractivity (Wildman–Crippen MR) is 214 cm³/mol. The van der Waals surface area contributed by atoms with Crippen molar-refractivity contribution in [2.24, 2.45) is 35.5 Å². The lowest BCUT2D eigenvalue weighted by atomic mass is 9.48. The number of hydrogen-bond donors (Lipinski definition) is 0. The van der Waals surface area contributed by atoms with Crippen LogP contribution in [0.25, 0.3) is 21.5 Å². The number of fused-ring (bicyclic) bond motifs is 2. The minimum atomic E-state index is 0.175. The lowest BCUT2D eigenvalue weighted by molar-refractivity contribution is -0.00525. The van der Waals surface area contributed by atoms with E-state index in [9.17, 15) is 0 Å². The van der Waals surface area contributed by atoms with Crippen LogP contribution in [0.4, 0.5) is 0 Å². The molecule has 0 amide bonds. The number of aryl methyl sites for hydroxylation is 1. The summed E-state index contributed by atoms with van der Waals surface area (Å²) in [6, 6.07) is 37.5. The smallest absolute Gasteiger partial charge is 0.0352 e. The van der Waals surface area contributed by atoms with E-state index < -0.39 is 0 Å². The molecule has 0 N–H and O–H groups in total. The Morgan fingerprint density at radius 3 is 1.55 bits per heavy atom. The lowest BCUT2D eigenvalue weighted by Gasteiger charge is -2.57. The molecule has 8 bridgehead atoms. The van der Waals surface area contributed by atoms with Crippen molar-refractivity contribution >= 4 is 21.5 Å². The molecule has 0 nitrogen and oxygen atoms in total. The summed E-state index contributed by atoms with van der Waals surface area (Å²) < 4.78 is 0. The summed E-state index contributed by atoms with van der Waals surface area (Å²) >= 11 is 0. The van der Waals surface area contributed by atoms with E-state index in [0.717, 1.165) is 35.5 Å². The van der Waals surface area contributed by atoms with E-state index >= 15 is 0 Å². The van der Waals surface area contributed by atoms with Crippen LogP contribution in [0.1, 0.15) is 142 Å². The third-order valence-electron chi connectivity index (χ3n) is 15.9. The maximum atomic E-state index is 2.73. The van der Waals surface area contributed by atoms with Crippen molar-refractivity contribution in [3.63, 3.8) is 0 Å². The highest BCUT2D eigenvalue weighted by Gasteiger charge is 2.53. The molecule has 5 aromatic rings. The molecule has 8 saturated carbocycles. The Kier molecular flexibility index (Phi) is 6.91. The van der Waals surface area contributed by atoms with Gasteiger partial charge in [-0.25, -0.2) is 0 Å². The maximum absolute atomic E-state index is 2.73. The molecule has 1 atom stereocenters. The van der Waals surface area contributed by atoms with Gasteiger partial charge in [-0.2, -0.15) is 0 Å². The molecule has 0 heteroatoms. The molecule has 260 valence electrons. The Balaban J connectivity index is 1.15. The zero-order valence-corrected chi connectivity index (χ0v) is 31.3. The molecule has 0 spiro atoms. The topological polar surface area (TPSA) is 0 Å². The van der Waals surface area contributed by atoms with E-state index in [1.54, 1.807) is 11.1 Å². The van der Waals surface area contributed by atoms with Crippen molar-refractivity contribution in [2.75, 3.05) is 0 Å². The zero-order chi connectivity index (χ0) is 34.1. The minimum absolute atomic E-state index is 0.175. The van der Waals surface area contributed by atoms with Crippen LogP contribution in [0.3, 0.4) is 0 Å². The minimum Gasteiger partial charge on any atom is -0.0617 e. The number of benzene rings is 5. The Morgan fingerprint density at radius 2 is 1.00 bits per heavy atom. The van der Waals surface area contributed by atoms with E-state index in [2.05, 4.69) is 112 Å². The summed E-state index contributed by atoms with van der Waals surface area (Å²) in [4.78, 5) is 0. The Morgan fingerprint density at radius 1 is 0.471 bits per heavy atom. The fourth-order valence-electron chi connectivity index (χ4n) is 14.5. The van der Waals surface area contributed by atoms with Gasteiger partial charge in [0, 0.05) is 5.92 Å². The molecule has 0 radical (unpaired) electrons. The molecule has 5 aromatic carbocycles. The van der Waals surface area contributed by atoms with Gasteiger partial charge >= 0.3 is 0 Å². The predicted octanol–water partition coefficient (Wildman–Crippen LogP) is 13.5. The van der Waals surface area contributed by atoms with Gasteiger partial charge in [-0.15, -0.1) is 0 Å². The van der Waals surface area contributed by atoms with Gasteiger partial charge in [0.1, 0.15) is 0 Å². The molecule has 0 heterocycles. The van der Waals surface area contributed by atoms with Gasteiger partial charge in [-0.1, -0.05) is 104 Å². The second kappa shape index (κ2) is 11.3. The summed E-state index contributed by atoms with van der Waals surface area (Å²) in [5.41, 5.74) is 11.2. The molecule has 13 rings (SSSR count). The van der Waals surface area contributed by atoms with E-state index in [-0.39, 0.29) is 5.92 Å².